The molecule has 2 heterocycles. The van der Waals surface area contributed by atoms with Crippen LogP contribution in [0, 0.1) is 10.8 Å². The number of fused-ring (bicyclic) bond motifs is 2. The fraction of sp³-hybridized carbons (Fsp3) is 0.220. The zero-order valence-electron chi connectivity index (χ0n) is 27.5. The van der Waals surface area contributed by atoms with Crippen molar-refractivity contribution in [3.63, 3.8) is 0 Å². The Morgan fingerprint density at radius 1 is 0.457 bits per heavy atom. The Kier molecular flexibility index (Phi) is 12.8. The Hall–Kier alpha value is -4.31. The zero-order valence-corrected chi connectivity index (χ0v) is 29.8. The summed E-state index contributed by atoms with van der Waals surface area (Å²) in [6, 6.07) is 45.2. The molecule has 5 heteroatoms. The minimum Gasteiger partial charge on any atom is -0.299 e. The number of hydrogen-bond donors (Lipinski definition) is 0. The standard InChI is InChI=1S/2C15H11N.C11H20O2.Ir/c2*1-2-6-12(7-3-1)15-11-10-13-8-4-5-9-14(13)16-15;1-10(2,3)8(12)7-9(13)11(4,5)6;/h2*1-11H;7H2,1-6H3;. The summed E-state index contributed by atoms with van der Waals surface area (Å²) in [5.41, 5.74) is 5.66. The van der Waals surface area contributed by atoms with Gasteiger partial charge in [-0.2, -0.15) is 0 Å². The molecule has 1 radical (unpaired) electrons. The van der Waals surface area contributed by atoms with E-state index in [1.54, 1.807) is 0 Å². The molecule has 46 heavy (non-hydrogen) atoms. The van der Waals surface area contributed by atoms with Crippen molar-refractivity contribution in [2.24, 2.45) is 10.8 Å². The maximum atomic E-state index is 11.5. The molecule has 0 aliphatic heterocycles. The molecule has 237 valence electrons. The SMILES string of the molecule is CC(C)(C)C(=O)CC(=O)C(C)(C)C.[Ir].c1ccc(-c2ccc3ccccc3n2)cc1.c1ccc(-c2ccc3ccccc3n2)cc1. The van der Waals surface area contributed by atoms with E-state index in [1.165, 1.54) is 10.8 Å². The summed E-state index contributed by atoms with van der Waals surface area (Å²) in [7, 11) is 0. The van der Waals surface area contributed by atoms with Crippen molar-refractivity contribution < 1.29 is 29.7 Å². The first kappa shape index (κ1) is 36.2. The molecular formula is C41H42IrN2O2. The van der Waals surface area contributed by atoms with Gasteiger partial charge >= 0.3 is 0 Å². The Balaban J connectivity index is 0.000000188. The van der Waals surface area contributed by atoms with Gasteiger partial charge in [-0.15, -0.1) is 0 Å². The van der Waals surface area contributed by atoms with Crippen molar-refractivity contribution in [2.45, 2.75) is 48.0 Å². The maximum Gasteiger partial charge on any atom is 0.145 e. The number of ketones is 2. The van der Waals surface area contributed by atoms with E-state index in [-0.39, 0.29) is 38.1 Å². The molecule has 0 aliphatic carbocycles. The first-order valence-electron chi connectivity index (χ1n) is 15.3. The Labute approximate surface area is 286 Å². The number of rotatable bonds is 4. The van der Waals surface area contributed by atoms with Crippen LogP contribution in [0.2, 0.25) is 0 Å². The van der Waals surface area contributed by atoms with Gasteiger partial charge in [-0.25, -0.2) is 9.97 Å². The molecule has 0 saturated carbocycles. The van der Waals surface area contributed by atoms with E-state index in [9.17, 15) is 9.59 Å². The van der Waals surface area contributed by atoms with Crippen LogP contribution in [-0.2, 0) is 29.7 Å². The van der Waals surface area contributed by atoms with Gasteiger partial charge in [0.25, 0.3) is 0 Å². The second-order valence-corrected chi connectivity index (χ2v) is 13.0. The van der Waals surface area contributed by atoms with E-state index < -0.39 is 10.8 Å². The van der Waals surface area contributed by atoms with Crippen LogP contribution >= 0.6 is 0 Å². The fourth-order valence-corrected chi connectivity index (χ4v) is 4.35. The summed E-state index contributed by atoms with van der Waals surface area (Å²) >= 11 is 0. The second-order valence-electron chi connectivity index (χ2n) is 13.0. The number of aromatic nitrogens is 2. The van der Waals surface area contributed by atoms with Crippen LogP contribution in [0.15, 0.2) is 133 Å². The van der Waals surface area contributed by atoms with Gasteiger partial charge < -0.3 is 0 Å². The molecule has 4 aromatic carbocycles. The summed E-state index contributed by atoms with van der Waals surface area (Å²) in [6.45, 7) is 11.0. The second kappa shape index (κ2) is 16.3. The molecule has 4 nitrogen and oxygen atoms in total. The van der Waals surface area contributed by atoms with Gasteiger partial charge in [-0.05, 0) is 24.3 Å². The van der Waals surface area contributed by atoms with Crippen molar-refractivity contribution >= 4 is 33.4 Å². The van der Waals surface area contributed by atoms with Gasteiger partial charge in [0.05, 0.1) is 28.8 Å². The van der Waals surface area contributed by atoms with Gasteiger partial charge in [0.15, 0.2) is 0 Å². The quantitative estimate of drug-likeness (QED) is 0.167. The smallest absolute Gasteiger partial charge is 0.145 e. The van der Waals surface area contributed by atoms with Crippen LogP contribution in [0.5, 0.6) is 0 Å². The van der Waals surface area contributed by atoms with Gasteiger partial charge in [0.2, 0.25) is 0 Å². The van der Waals surface area contributed by atoms with Gasteiger partial charge in [-0.3, -0.25) is 9.59 Å². The summed E-state index contributed by atoms with van der Waals surface area (Å²) in [6.07, 6.45) is 0.0625. The zero-order chi connectivity index (χ0) is 32.5. The summed E-state index contributed by atoms with van der Waals surface area (Å²) in [4.78, 5) is 32.3. The first-order valence-corrected chi connectivity index (χ1v) is 15.3. The van der Waals surface area contributed by atoms with E-state index in [4.69, 9.17) is 0 Å². The number of nitrogens with zero attached hydrogens (tertiary/aromatic N) is 2. The fourth-order valence-electron chi connectivity index (χ4n) is 4.35. The number of hydrogen-bond acceptors (Lipinski definition) is 4. The van der Waals surface area contributed by atoms with Gasteiger partial charge in [-0.1, -0.05) is 151 Å². The van der Waals surface area contributed by atoms with E-state index in [1.807, 2.05) is 114 Å². The molecular weight excluding hydrogens is 745 g/mol. The number of carbonyl (C=O) groups is 2. The van der Waals surface area contributed by atoms with Crippen LogP contribution in [0.25, 0.3) is 44.3 Å². The van der Waals surface area contributed by atoms with E-state index in [0.29, 0.717) is 0 Å². The van der Waals surface area contributed by atoms with Crippen molar-refractivity contribution in [2.75, 3.05) is 0 Å². The van der Waals surface area contributed by atoms with Crippen LogP contribution in [0.1, 0.15) is 48.0 Å². The maximum absolute atomic E-state index is 11.5. The van der Waals surface area contributed by atoms with Gasteiger partial charge in [0.1, 0.15) is 11.6 Å². The van der Waals surface area contributed by atoms with Crippen molar-refractivity contribution in [3.05, 3.63) is 133 Å². The molecule has 2 aromatic heterocycles. The Bertz CT molecular complexity index is 1730. The molecule has 0 unspecified atom stereocenters. The third kappa shape index (κ3) is 10.4. The molecule has 0 fully saturated rings. The Morgan fingerprint density at radius 3 is 1.13 bits per heavy atom. The molecule has 0 amide bonds. The predicted molar refractivity (Wildman–Crippen MR) is 188 cm³/mol. The average Bonchev–Trinajstić information content (AvgIpc) is 3.05. The summed E-state index contributed by atoms with van der Waals surface area (Å²) in [5, 5.41) is 2.37. The third-order valence-corrected chi connectivity index (χ3v) is 7.33. The number of carbonyl (C=O) groups excluding carboxylic acids is 2. The number of benzene rings is 4. The molecule has 0 spiro atoms. The van der Waals surface area contributed by atoms with Crippen LogP contribution in [-0.4, -0.2) is 21.5 Å². The summed E-state index contributed by atoms with van der Waals surface area (Å²) < 4.78 is 0. The molecule has 0 N–H and O–H groups in total. The van der Waals surface area contributed by atoms with Crippen molar-refractivity contribution in [3.8, 4) is 22.5 Å². The monoisotopic (exact) mass is 787 g/mol. The number of para-hydroxylation sites is 2. The molecule has 6 rings (SSSR count). The van der Waals surface area contributed by atoms with Crippen molar-refractivity contribution in [1.29, 1.82) is 0 Å². The number of Topliss-reactive ketones (excluding diaryl/α,β-unsaturated/α-hetero) is 2. The third-order valence-electron chi connectivity index (χ3n) is 7.33. The van der Waals surface area contributed by atoms with E-state index >= 15 is 0 Å². The van der Waals surface area contributed by atoms with E-state index in [2.05, 4.69) is 70.6 Å². The van der Waals surface area contributed by atoms with Crippen molar-refractivity contribution in [1.82, 2.24) is 9.97 Å². The van der Waals surface area contributed by atoms with Crippen LogP contribution in [0.4, 0.5) is 0 Å². The normalized spacial score (nSPS) is 10.9. The minimum atomic E-state index is -0.402. The largest absolute Gasteiger partial charge is 0.299 e. The molecule has 0 saturated heterocycles. The molecule has 0 atom stereocenters. The summed E-state index contributed by atoms with van der Waals surface area (Å²) in [5.74, 6) is 0.0415. The van der Waals surface area contributed by atoms with Crippen LogP contribution in [0.3, 0.4) is 0 Å². The molecule has 0 bridgehead atoms. The van der Waals surface area contributed by atoms with Crippen LogP contribution < -0.4 is 0 Å². The minimum absolute atomic E-state index is 0. The van der Waals surface area contributed by atoms with E-state index in [0.717, 1.165) is 33.5 Å². The first-order chi connectivity index (χ1) is 21.4. The predicted octanol–water partition coefficient (Wildman–Crippen LogP) is 10.4. The topological polar surface area (TPSA) is 59.9 Å². The molecule has 6 aromatic rings. The van der Waals surface area contributed by atoms with Gasteiger partial charge in [0, 0.05) is 52.8 Å². The Morgan fingerprint density at radius 2 is 0.783 bits per heavy atom. The average molecular weight is 787 g/mol. The number of pyridine rings is 2. The molecule has 0 aliphatic rings.